The minimum Gasteiger partial charge on any atom is -0.0922 e. The summed E-state index contributed by atoms with van der Waals surface area (Å²) >= 11 is 6.20. The largest absolute Gasteiger partial charge is 0.0922 e. The van der Waals surface area contributed by atoms with Crippen LogP contribution in [0.25, 0.3) is 0 Å². The second kappa shape index (κ2) is 8.17. The third-order valence-electron chi connectivity index (χ3n) is 4.91. The Morgan fingerprint density at radius 1 is 1.20 bits per heavy atom. The molecule has 0 spiro atoms. The van der Waals surface area contributed by atoms with Gasteiger partial charge in [-0.25, -0.2) is 0 Å². The van der Waals surface area contributed by atoms with Gasteiger partial charge in [0.25, 0.3) is 0 Å². The standard InChI is InChI=1S/C18H26BrI/c1-2-3-4-15-9-11-18(14-19,12-10-15)13-16-5-7-17(20)8-6-16/h5-8,15H,2-4,9-14H2,1H3. The maximum Gasteiger partial charge on any atom is 0.0130 e. The number of hydrogen-bond acceptors (Lipinski definition) is 0. The topological polar surface area (TPSA) is 0 Å². The molecule has 0 radical (unpaired) electrons. The molecule has 0 N–H and O–H groups in total. The summed E-state index contributed by atoms with van der Waals surface area (Å²) in [5.41, 5.74) is 2.02. The molecule has 1 saturated carbocycles. The van der Waals surface area contributed by atoms with E-state index < -0.39 is 0 Å². The van der Waals surface area contributed by atoms with E-state index in [1.54, 1.807) is 0 Å². The lowest BCUT2D eigenvalue weighted by atomic mass is 9.68. The van der Waals surface area contributed by atoms with Crippen LogP contribution in [-0.4, -0.2) is 5.33 Å². The second-order valence-electron chi connectivity index (χ2n) is 6.52. The van der Waals surface area contributed by atoms with Gasteiger partial charge in [-0.3, -0.25) is 0 Å². The number of hydrogen-bond donors (Lipinski definition) is 0. The highest BCUT2D eigenvalue weighted by molar-refractivity contribution is 14.1. The molecule has 1 aliphatic carbocycles. The van der Waals surface area contributed by atoms with Crippen molar-refractivity contribution in [3.8, 4) is 0 Å². The Kier molecular flexibility index (Phi) is 6.86. The first-order chi connectivity index (χ1) is 9.67. The predicted molar refractivity (Wildman–Crippen MR) is 101 cm³/mol. The van der Waals surface area contributed by atoms with Gasteiger partial charge < -0.3 is 0 Å². The number of alkyl halides is 1. The van der Waals surface area contributed by atoms with Crippen molar-refractivity contribution in [2.75, 3.05) is 5.33 Å². The van der Waals surface area contributed by atoms with Gasteiger partial charge in [0, 0.05) is 8.90 Å². The molecule has 0 bridgehead atoms. The third kappa shape index (κ3) is 4.72. The summed E-state index contributed by atoms with van der Waals surface area (Å²) < 4.78 is 1.34. The van der Waals surface area contributed by atoms with E-state index in [9.17, 15) is 0 Å². The Labute approximate surface area is 146 Å². The van der Waals surface area contributed by atoms with Gasteiger partial charge in [-0.05, 0) is 83.7 Å². The first-order valence-corrected chi connectivity index (χ1v) is 10.2. The Hall–Kier alpha value is 0.430. The average molecular weight is 449 g/mol. The SMILES string of the molecule is CCCCC1CCC(CBr)(Cc2ccc(I)cc2)CC1. The summed E-state index contributed by atoms with van der Waals surface area (Å²) in [5, 5.41) is 1.16. The normalized spacial score (nSPS) is 26.6. The summed E-state index contributed by atoms with van der Waals surface area (Å²) in [6.07, 6.45) is 11.2. The van der Waals surface area contributed by atoms with E-state index >= 15 is 0 Å². The molecule has 0 aromatic heterocycles. The Morgan fingerprint density at radius 3 is 2.40 bits per heavy atom. The molecule has 0 heterocycles. The molecule has 1 aromatic carbocycles. The molecular weight excluding hydrogens is 423 g/mol. The molecular formula is C18H26BrI. The van der Waals surface area contributed by atoms with Crippen LogP contribution in [0.1, 0.15) is 57.4 Å². The van der Waals surface area contributed by atoms with E-state index in [0.29, 0.717) is 5.41 Å². The van der Waals surface area contributed by atoms with Gasteiger partial charge in [0.1, 0.15) is 0 Å². The second-order valence-corrected chi connectivity index (χ2v) is 8.33. The minimum atomic E-state index is 0.509. The zero-order chi connectivity index (χ0) is 14.4. The van der Waals surface area contributed by atoms with Crippen LogP contribution in [0, 0.1) is 14.9 Å². The molecule has 0 atom stereocenters. The van der Waals surface area contributed by atoms with Gasteiger partial charge >= 0.3 is 0 Å². The average Bonchev–Trinajstić information content (AvgIpc) is 2.49. The highest BCUT2D eigenvalue weighted by Crippen LogP contribution is 2.44. The molecule has 0 unspecified atom stereocenters. The first-order valence-electron chi connectivity index (χ1n) is 7.98. The van der Waals surface area contributed by atoms with Gasteiger partial charge in [-0.15, -0.1) is 0 Å². The molecule has 1 fully saturated rings. The summed E-state index contributed by atoms with van der Waals surface area (Å²) in [6.45, 7) is 2.31. The third-order valence-corrected chi connectivity index (χ3v) is 6.82. The van der Waals surface area contributed by atoms with E-state index in [0.717, 1.165) is 11.2 Å². The Morgan fingerprint density at radius 2 is 1.85 bits per heavy atom. The fraction of sp³-hybridized carbons (Fsp3) is 0.667. The molecule has 20 heavy (non-hydrogen) atoms. The van der Waals surface area contributed by atoms with Gasteiger partial charge in [0.05, 0.1) is 0 Å². The lowest BCUT2D eigenvalue weighted by Gasteiger charge is -2.39. The summed E-state index contributed by atoms with van der Waals surface area (Å²) in [5.74, 6) is 0.999. The van der Waals surface area contributed by atoms with Crippen molar-refractivity contribution >= 4 is 38.5 Å². The molecule has 0 nitrogen and oxygen atoms in total. The van der Waals surface area contributed by atoms with Crippen molar-refractivity contribution in [1.29, 1.82) is 0 Å². The fourth-order valence-electron chi connectivity index (χ4n) is 3.46. The van der Waals surface area contributed by atoms with Crippen molar-refractivity contribution in [3.05, 3.63) is 33.4 Å². The number of halogens is 2. The van der Waals surface area contributed by atoms with Crippen LogP contribution < -0.4 is 0 Å². The highest BCUT2D eigenvalue weighted by Gasteiger charge is 2.34. The van der Waals surface area contributed by atoms with E-state index in [-0.39, 0.29) is 0 Å². The van der Waals surface area contributed by atoms with Crippen molar-refractivity contribution in [2.24, 2.45) is 11.3 Å². The van der Waals surface area contributed by atoms with Crippen LogP contribution in [0.3, 0.4) is 0 Å². The van der Waals surface area contributed by atoms with Crippen LogP contribution in [-0.2, 0) is 6.42 Å². The highest BCUT2D eigenvalue weighted by atomic mass is 127. The predicted octanol–water partition coefficient (Wildman–Crippen LogP) is 6.60. The van der Waals surface area contributed by atoms with E-state index in [4.69, 9.17) is 0 Å². The van der Waals surface area contributed by atoms with Crippen LogP contribution >= 0.6 is 38.5 Å². The monoisotopic (exact) mass is 448 g/mol. The van der Waals surface area contributed by atoms with Crippen molar-refractivity contribution in [1.82, 2.24) is 0 Å². The van der Waals surface area contributed by atoms with Gasteiger partial charge in [-0.1, -0.05) is 54.2 Å². The lowest BCUT2D eigenvalue weighted by Crippen LogP contribution is -2.31. The Balaban J connectivity index is 1.92. The molecule has 0 aliphatic heterocycles. The van der Waals surface area contributed by atoms with E-state index in [1.807, 2.05) is 0 Å². The number of unbranched alkanes of at least 4 members (excludes halogenated alkanes) is 1. The lowest BCUT2D eigenvalue weighted by molar-refractivity contribution is 0.168. The van der Waals surface area contributed by atoms with Crippen LogP contribution in [0.15, 0.2) is 24.3 Å². The maximum atomic E-state index is 3.81. The van der Waals surface area contributed by atoms with Crippen LogP contribution in [0.4, 0.5) is 0 Å². The van der Waals surface area contributed by atoms with E-state index in [2.05, 4.69) is 69.7 Å². The fourth-order valence-corrected chi connectivity index (χ4v) is 4.58. The molecule has 2 heteroatoms. The first kappa shape index (κ1) is 16.8. The smallest absolute Gasteiger partial charge is 0.0130 e. The van der Waals surface area contributed by atoms with Crippen molar-refractivity contribution in [3.63, 3.8) is 0 Å². The zero-order valence-corrected chi connectivity index (χ0v) is 16.3. The Bertz CT molecular complexity index is 390. The van der Waals surface area contributed by atoms with Crippen LogP contribution in [0.5, 0.6) is 0 Å². The summed E-state index contributed by atoms with van der Waals surface area (Å²) in [7, 11) is 0. The molecule has 0 saturated heterocycles. The summed E-state index contributed by atoms with van der Waals surface area (Å²) in [4.78, 5) is 0. The maximum absolute atomic E-state index is 3.81. The zero-order valence-electron chi connectivity index (χ0n) is 12.5. The van der Waals surface area contributed by atoms with Gasteiger partial charge in [0.15, 0.2) is 0 Å². The summed E-state index contributed by atoms with van der Waals surface area (Å²) in [6, 6.07) is 9.11. The van der Waals surface area contributed by atoms with Crippen LogP contribution in [0.2, 0.25) is 0 Å². The van der Waals surface area contributed by atoms with Crippen molar-refractivity contribution < 1.29 is 0 Å². The van der Waals surface area contributed by atoms with E-state index in [1.165, 1.54) is 60.5 Å². The molecule has 1 aliphatic rings. The quantitative estimate of drug-likeness (QED) is 0.339. The molecule has 1 aromatic rings. The van der Waals surface area contributed by atoms with Gasteiger partial charge in [-0.2, -0.15) is 0 Å². The van der Waals surface area contributed by atoms with Gasteiger partial charge in [0.2, 0.25) is 0 Å². The molecule has 0 amide bonds. The number of benzene rings is 1. The number of rotatable bonds is 6. The minimum absolute atomic E-state index is 0.509. The molecule has 112 valence electrons. The molecule has 2 rings (SSSR count). The van der Waals surface area contributed by atoms with Crippen molar-refractivity contribution in [2.45, 2.75) is 58.3 Å².